The lowest BCUT2D eigenvalue weighted by atomic mass is 9.97. The van der Waals surface area contributed by atoms with Crippen LogP contribution >= 0.6 is 0 Å². The third kappa shape index (κ3) is 4.37. The molecule has 1 atom stereocenters. The van der Waals surface area contributed by atoms with Crippen molar-refractivity contribution < 1.29 is 9.59 Å². The normalized spacial score (nSPS) is 20.7. The van der Waals surface area contributed by atoms with Crippen molar-refractivity contribution in [3.63, 3.8) is 0 Å². The van der Waals surface area contributed by atoms with E-state index >= 15 is 0 Å². The number of allylic oxidation sites excluding steroid dienone is 1. The largest absolute Gasteiger partial charge is 0.338 e. The number of hydrogen-bond donors (Lipinski definition) is 2. The third-order valence-corrected chi connectivity index (χ3v) is 4.64. The molecule has 1 saturated heterocycles. The van der Waals surface area contributed by atoms with Gasteiger partial charge in [0.25, 0.3) is 0 Å². The van der Waals surface area contributed by atoms with Crippen LogP contribution in [-0.4, -0.2) is 31.1 Å². The third-order valence-electron chi connectivity index (χ3n) is 4.64. The summed E-state index contributed by atoms with van der Waals surface area (Å²) in [5.74, 6) is 0.0545. The van der Waals surface area contributed by atoms with Crippen molar-refractivity contribution in [2.75, 3.05) is 18.0 Å². The van der Waals surface area contributed by atoms with Crippen LogP contribution in [0.15, 0.2) is 42.0 Å². The van der Waals surface area contributed by atoms with Crippen LogP contribution in [0.5, 0.6) is 0 Å². The number of anilines is 1. The number of urea groups is 1. The van der Waals surface area contributed by atoms with E-state index in [0.29, 0.717) is 19.5 Å². The number of hydrogen-bond acceptors (Lipinski definition) is 2. The van der Waals surface area contributed by atoms with Crippen LogP contribution in [0.2, 0.25) is 0 Å². The Balaban J connectivity index is 1.42. The summed E-state index contributed by atoms with van der Waals surface area (Å²) >= 11 is 0. The van der Waals surface area contributed by atoms with Crippen molar-refractivity contribution in [1.82, 2.24) is 10.6 Å². The fraction of sp³-hybridized carbons (Fsp3) is 0.474. The van der Waals surface area contributed by atoms with E-state index in [4.69, 9.17) is 0 Å². The molecule has 3 rings (SSSR count). The van der Waals surface area contributed by atoms with Crippen LogP contribution in [0.4, 0.5) is 10.5 Å². The number of nitrogens with one attached hydrogen (secondary N) is 2. The topological polar surface area (TPSA) is 61.4 Å². The number of nitrogens with zero attached hydrogens (tertiary/aromatic N) is 1. The molecule has 1 fully saturated rings. The van der Waals surface area contributed by atoms with Crippen molar-refractivity contribution in [2.45, 2.75) is 44.6 Å². The summed E-state index contributed by atoms with van der Waals surface area (Å²) in [4.78, 5) is 25.9. The zero-order valence-electron chi connectivity index (χ0n) is 14.0. The Kier molecular flexibility index (Phi) is 5.51. The number of amides is 3. The Morgan fingerprint density at radius 1 is 1.21 bits per heavy atom. The summed E-state index contributed by atoms with van der Waals surface area (Å²) < 4.78 is 0. The van der Waals surface area contributed by atoms with Gasteiger partial charge in [-0.3, -0.25) is 4.79 Å². The van der Waals surface area contributed by atoms with Crippen LogP contribution in [0, 0.1) is 0 Å². The Morgan fingerprint density at radius 2 is 2.04 bits per heavy atom. The van der Waals surface area contributed by atoms with Gasteiger partial charge in [0, 0.05) is 25.2 Å². The molecule has 1 aromatic carbocycles. The van der Waals surface area contributed by atoms with Crippen LogP contribution in [0.25, 0.3) is 0 Å². The second kappa shape index (κ2) is 7.99. The van der Waals surface area contributed by atoms with E-state index in [1.807, 2.05) is 30.3 Å². The first-order valence-corrected chi connectivity index (χ1v) is 8.80. The Bertz CT molecular complexity index is 612. The molecule has 5 heteroatoms. The molecule has 1 aromatic rings. The van der Waals surface area contributed by atoms with Crippen LogP contribution in [0.3, 0.4) is 0 Å². The van der Waals surface area contributed by atoms with Crippen LogP contribution in [0.1, 0.15) is 38.5 Å². The van der Waals surface area contributed by atoms with E-state index in [1.165, 1.54) is 24.8 Å². The monoisotopic (exact) mass is 327 g/mol. The molecule has 24 heavy (non-hydrogen) atoms. The average molecular weight is 327 g/mol. The number of para-hydroxylation sites is 1. The maximum absolute atomic E-state index is 12.1. The Labute approximate surface area is 143 Å². The average Bonchev–Trinajstić information content (AvgIpc) is 2.97. The molecule has 5 nitrogen and oxygen atoms in total. The first kappa shape index (κ1) is 16.6. The van der Waals surface area contributed by atoms with Crippen LogP contribution < -0.4 is 15.5 Å². The lowest BCUT2D eigenvalue weighted by molar-refractivity contribution is -0.117. The first-order valence-electron chi connectivity index (χ1n) is 8.80. The molecule has 0 radical (unpaired) electrons. The number of carbonyl (C=O) groups is 2. The molecule has 1 aliphatic heterocycles. The predicted octanol–water partition coefficient (Wildman–Crippen LogP) is 2.98. The second-order valence-electron chi connectivity index (χ2n) is 6.50. The van der Waals surface area contributed by atoms with Crippen molar-refractivity contribution in [2.24, 2.45) is 0 Å². The highest BCUT2D eigenvalue weighted by molar-refractivity contribution is 5.96. The van der Waals surface area contributed by atoms with Gasteiger partial charge in [-0.15, -0.1) is 0 Å². The fourth-order valence-electron chi connectivity index (χ4n) is 3.37. The van der Waals surface area contributed by atoms with E-state index < -0.39 is 0 Å². The van der Waals surface area contributed by atoms with Gasteiger partial charge in [0.15, 0.2) is 0 Å². The second-order valence-corrected chi connectivity index (χ2v) is 6.50. The zero-order chi connectivity index (χ0) is 16.8. The maximum atomic E-state index is 12.1. The minimum atomic E-state index is -0.181. The Morgan fingerprint density at radius 3 is 2.79 bits per heavy atom. The van der Waals surface area contributed by atoms with Crippen molar-refractivity contribution >= 4 is 17.6 Å². The molecule has 0 spiro atoms. The molecule has 1 aliphatic carbocycles. The molecular formula is C19H25N3O2. The van der Waals surface area contributed by atoms with Gasteiger partial charge < -0.3 is 15.5 Å². The SMILES string of the molecule is O=C(NCCC1=CCCCC1)NC1CC(=O)N(c2ccccc2)C1. The van der Waals surface area contributed by atoms with Gasteiger partial charge in [0.05, 0.1) is 6.04 Å². The standard InChI is InChI=1S/C19H25N3O2/c23-18-13-16(14-22(18)17-9-5-2-6-10-17)21-19(24)20-12-11-15-7-3-1-4-8-15/h2,5-7,9-10,16H,1,3-4,8,11-14H2,(H2,20,21,24). The summed E-state index contributed by atoms with van der Waals surface area (Å²) in [6.45, 7) is 1.18. The predicted molar refractivity (Wildman–Crippen MR) is 94.9 cm³/mol. The summed E-state index contributed by atoms with van der Waals surface area (Å²) in [5.41, 5.74) is 2.34. The quantitative estimate of drug-likeness (QED) is 0.817. The van der Waals surface area contributed by atoms with Gasteiger partial charge in [-0.05, 0) is 44.2 Å². The molecule has 3 amide bonds. The number of carbonyl (C=O) groups excluding carboxylic acids is 2. The van der Waals surface area contributed by atoms with E-state index in [0.717, 1.165) is 18.5 Å². The number of rotatable bonds is 5. The maximum Gasteiger partial charge on any atom is 0.315 e. The van der Waals surface area contributed by atoms with Gasteiger partial charge in [-0.1, -0.05) is 29.8 Å². The summed E-state index contributed by atoms with van der Waals surface area (Å²) in [7, 11) is 0. The highest BCUT2D eigenvalue weighted by atomic mass is 16.2. The van der Waals surface area contributed by atoms with Gasteiger partial charge in [-0.25, -0.2) is 4.79 Å². The minimum absolute atomic E-state index is 0.0545. The zero-order valence-corrected chi connectivity index (χ0v) is 14.0. The van der Waals surface area contributed by atoms with Gasteiger partial charge in [0.1, 0.15) is 0 Å². The molecule has 128 valence electrons. The van der Waals surface area contributed by atoms with Crippen molar-refractivity contribution in [3.05, 3.63) is 42.0 Å². The molecule has 0 saturated carbocycles. The van der Waals surface area contributed by atoms with Gasteiger partial charge in [0.2, 0.25) is 5.91 Å². The highest BCUT2D eigenvalue weighted by Crippen LogP contribution is 2.21. The van der Waals surface area contributed by atoms with Gasteiger partial charge in [-0.2, -0.15) is 0 Å². The molecular weight excluding hydrogens is 302 g/mol. The van der Waals surface area contributed by atoms with E-state index in [1.54, 1.807) is 4.90 Å². The summed E-state index contributed by atoms with van der Waals surface area (Å²) in [6, 6.07) is 9.27. The van der Waals surface area contributed by atoms with Crippen molar-refractivity contribution in [3.8, 4) is 0 Å². The van der Waals surface area contributed by atoms with E-state index in [9.17, 15) is 9.59 Å². The smallest absolute Gasteiger partial charge is 0.315 e. The molecule has 1 unspecified atom stereocenters. The highest BCUT2D eigenvalue weighted by Gasteiger charge is 2.31. The molecule has 2 N–H and O–H groups in total. The summed E-state index contributed by atoms with van der Waals surface area (Å²) in [6.07, 6.45) is 8.45. The molecule has 1 heterocycles. The lowest BCUT2D eigenvalue weighted by Crippen LogP contribution is -2.43. The molecule has 0 aromatic heterocycles. The molecule has 0 bridgehead atoms. The minimum Gasteiger partial charge on any atom is -0.338 e. The van der Waals surface area contributed by atoms with Crippen molar-refractivity contribution in [1.29, 1.82) is 0 Å². The number of benzene rings is 1. The summed E-state index contributed by atoms with van der Waals surface area (Å²) in [5, 5.41) is 5.82. The van der Waals surface area contributed by atoms with Crippen LogP contribution in [-0.2, 0) is 4.79 Å². The molecule has 2 aliphatic rings. The van der Waals surface area contributed by atoms with E-state index in [2.05, 4.69) is 16.7 Å². The lowest BCUT2D eigenvalue weighted by Gasteiger charge is -2.17. The first-order chi connectivity index (χ1) is 11.7. The van der Waals surface area contributed by atoms with E-state index in [-0.39, 0.29) is 18.0 Å². The van der Waals surface area contributed by atoms with Gasteiger partial charge >= 0.3 is 6.03 Å². The Hall–Kier alpha value is -2.30. The fourth-order valence-corrected chi connectivity index (χ4v) is 3.37.